The molecule has 0 radical (unpaired) electrons. The quantitative estimate of drug-likeness (QED) is 0.752. The Morgan fingerprint density at radius 1 is 1.41 bits per heavy atom. The Morgan fingerprint density at radius 2 is 2.18 bits per heavy atom. The lowest BCUT2D eigenvalue weighted by Crippen LogP contribution is -2.41. The highest BCUT2D eigenvalue weighted by Crippen LogP contribution is 2.28. The second-order valence-electron chi connectivity index (χ2n) is 4.95. The first-order valence-electron chi connectivity index (χ1n) is 6.31. The van der Waals surface area contributed by atoms with Gasteiger partial charge in [-0.3, -0.25) is 9.69 Å². The predicted octanol–water partition coefficient (Wildman–Crippen LogP) is 1.05. The van der Waals surface area contributed by atoms with E-state index in [-0.39, 0.29) is 18.4 Å². The van der Waals surface area contributed by atoms with Gasteiger partial charge in [-0.25, -0.2) is 0 Å². The van der Waals surface area contributed by atoms with Crippen molar-refractivity contribution >= 4 is 18.4 Å². The molecule has 1 N–H and O–H groups in total. The number of rotatable bonds is 5. The van der Waals surface area contributed by atoms with E-state index in [1.54, 1.807) is 0 Å². The van der Waals surface area contributed by atoms with Crippen LogP contribution in [0.3, 0.4) is 0 Å². The molecule has 17 heavy (non-hydrogen) atoms. The van der Waals surface area contributed by atoms with Crippen molar-refractivity contribution in [2.75, 3.05) is 33.3 Å². The maximum atomic E-state index is 11.3. The Morgan fingerprint density at radius 3 is 2.71 bits per heavy atom. The van der Waals surface area contributed by atoms with Gasteiger partial charge < -0.3 is 10.1 Å². The van der Waals surface area contributed by atoms with E-state index in [0.717, 1.165) is 19.6 Å². The second-order valence-corrected chi connectivity index (χ2v) is 4.95. The van der Waals surface area contributed by atoms with Gasteiger partial charge in [0.05, 0.1) is 13.7 Å². The van der Waals surface area contributed by atoms with E-state index in [9.17, 15) is 4.79 Å². The van der Waals surface area contributed by atoms with E-state index < -0.39 is 0 Å². The largest absolute Gasteiger partial charge is 0.468 e. The van der Waals surface area contributed by atoms with Crippen molar-refractivity contribution in [3.05, 3.63) is 0 Å². The molecule has 1 aliphatic heterocycles. The van der Waals surface area contributed by atoms with Crippen molar-refractivity contribution < 1.29 is 9.53 Å². The summed E-state index contributed by atoms with van der Waals surface area (Å²) in [6, 6.07) is 0.640. The van der Waals surface area contributed by atoms with Crippen molar-refractivity contribution in [2.24, 2.45) is 5.92 Å². The molecule has 1 unspecified atom stereocenters. The van der Waals surface area contributed by atoms with Gasteiger partial charge in [-0.15, -0.1) is 12.4 Å². The SMILES string of the molecule is COC(=O)CN(CC1CCCNC1)C1CC1.Cl. The first-order chi connectivity index (χ1) is 7.79. The van der Waals surface area contributed by atoms with Gasteiger partial charge in [0.1, 0.15) is 0 Å². The lowest BCUT2D eigenvalue weighted by molar-refractivity contribution is -0.142. The zero-order valence-corrected chi connectivity index (χ0v) is 11.3. The fraction of sp³-hybridized carbons (Fsp3) is 0.917. The van der Waals surface area contributed by atoms with Crippen LogP contribution in [0, 0.1) is 5.92 Å². The molecule has 0 bridgehead atoms. The first-order valence-corrected chi connectivity index (χ1v) is 6.31. The molecule has 2 fully saturated rings. The van der Waals surface area contributed by atoms with Crippen LogP contribution in [0.15, 0.2) is 0 Å². The van der Waals surface area contributed by atoms with Crippen LogP contribution in [0.25, 0.3) is 0 Å². The minimum atomic E-state index is -0.101. The van der Waals surface area contributed by atoms with Gasteiger partial charge in [0.2, 0.25) is 0 Å². The van der Waals surface area contributed by atoms with Gasteiger partial charge in [0, 0.05) is 12.6 Å². The number of piperidine rings is 1. The van der Waals surface area contributed by atoms with E-state index in [0.29, 0.717) is 18.5 Å². The van der Waals surface area contributed by atoms with Crippen LogP contribution >= 0.6 is 12.4 Å². The molecule has 1 saturated carbocycles. The third-order valence-corrected chi connectivity index (χ3v) is 3.51. The van der Waals surface area contributed by atoms with E-state index >= 15 is 0 Å². The van der Waals surface area contributed by atoms with Gasteiger partial charge in [0.15, 0.2) is 0 Å². The minimum absolute atomic E-state index is 0. The van der Waals surface area contributed by atoms with Gasteiger partial charge in [0.25, 0.3) is 0 Å². The van der Waals surface area contributed by atoms with Gasteiger partial charge in [-0.1, -0.05) is 0 Å². The van der Waals surface area contributed by atoms with Crippen LogP contribution in [0.1, 0.15) is 25.7 Å². The molecule has 0 aromatic heterocycles. The number of halogens is 1. The van der Waals surface area contributed by atoms with Crippen molar-refractivity contribution in [1.29, 1.82) is 0 Å². The molecule has 2 rings (SSSR count). The minimum Gasteiger partial charge on any atom is -0.468 e. The van der Waals surface area contributed by atoms with Crippen LogP contribution in [0.5, 0.6) is 0 Å². The monoisotopic (exact) mass is 262 g/mol. The third kappa shape index (κ3) is 4.82. The van der Waals surface area contributed by atoms with Crippen LogP contribution < -0.4 is 5.32 Å². The molecule has 100 valence electrons. The van der Waals surface area contributed by atoms with Crippen molar-refractivity contribution in [3.63, 3.8) is 0 Å². The smallest absolute Gasteiger partial charge is 0.319 e. The molecular formula is C12H23ClN2O2. The van der Waals surface area contributed by atoms with Gasteiger partial charge in [-0.2, -0.15) is 0 Å². The summed E-state index contributed by atoms with van der Waals surface area (Å²) in [5, 5.41) is 3.42. The van der Waals surface area contributed by atoms with Gasteiger partial charge in [-0.05, 0) is 44.7 Å². The van der Waals surface area contributed by atoms with Crippen molar-refractivity contribution in [1.82, 2.24) is 10.2 Å². The molecule has 4 nitrogen and oxygen atoms in total. The molecular weight excluding hydrogens is 240 g/mol. The third-order valence-electron chi connectivity index (χ3n) is 3.51. The number of carbonyl (C=O) groups excluding carboxylic acids is 1. The molecule has 1 saturated heterocycles. The lowest BCUT2D eigenvalue weighted by atomic mass is 9.99. The summed E-state index contributed by atoms with van der Waals surface area (Å²) < 4.78 is 4.75. The van der Waals surface area contributed by atoms with Crippen molar-refractivity contribution in [3.8, 4) is 0 Å². The van der Waals surface area contributed by atoms with E-state index in [2.05, 4.69) is 10.2 Å². The maximum absolute atomic E-state index is 11.3. The number of methoxy groups -OCH3 is 1. The standard InChI is InChI=1S/C12H22N2O2.ClH/c1-16-12(15)9-14(11-4-5-11)8-10-3-2-6-13-7-10;/h10-11,13H,2-9H2,1H3;1H. The molecule has 1 atom stereocenters. The number of hydrogen-bond donors (Lipinski definition) is 1. The molecule has 0 aromatic rings. The zero-order chi connectivity index (χ0) is 11.4. The maximum Gasteiger partial charge on any atom is 0.319 e. The second kappa shape index (κ2) is 7.19. The summed E-state index contributed by atoms with van der Waals surface area (Å²) in [6.45, 7) is 3.77. The molecule has 1 aliphatic carbocycles. The first kappa shape index (κ1) is 14.7. The van der Waals surface area contributed by atoms with E-state index in [1.807, 2.05) is 0 Å². The molecule has 2 aliphatic rings. The number of carbonyl (C=O) groups is 1. The molecule has 5 heteroatoms. The van der Waals surface area contributed by atoms with E-state index in [4.69, 9.17) is 4.74 Å². The average Bonchev–Trinajstić information content (AvgIpc) is 3.13. The summed E-state index contributed by atoms with van der Waals surface area (Å²) in [5.74, 6) is 0.606. The fourth-order valence-corrected chi connectivity index (χ4v) is 2.42. The summed E-state index contributed by atoms with van der Waals surface area (Å²) in [4.78, 5) is 13.6. The number of nitrogens with zero attached hydrogens (tertiary/aromatic N) is 1. The Balaban J connectivity index is 0.00000144. The highest BCUT2D eigenvalue weighted by atomic mass is 35.5. The molecule has 0 spiro atoms. The Kier molecular flexibility index (Phi) is 6.23. The number of ether oxygens (including phenoxy) is 1. The number of nitrogens with one attached hydrogen (secondary N) is 1. The summed E-state index contributed by atoms with van der Waals surface area (Å²) in [6.07, 6.45) is 5.05. The van der Waals surface area contributed by atoms with Crippen LogP contribution in [0.4, 0.5) is 0 Å². The molecule has 0 aromatic carbocycles. The van der Waals surface area contributed by atoms with Crippen LogP contribution in [-0.2, 0) is 9.53 Å². The topological polar surface area (TPSA) is 41.6 Å². The van der Waals surface area contributed by atoms with E-state index in [1.165, 1.54) is 32.8 Å². The Labute approximate surface area is 109 Å². The van der Waals surface area contributed by atoms with Crippen LogP contribution in [0.2, 0.25) is 0 Å². The molecule has 0 amide bonds. The highest BCUT2D eigenvalue weighted by molar-refractivity contribution is 5.85. The normalized spacial score (nSPS) is 24.2. The summed E-state index contributed by atoms with van der Waals surface area (Å²) in [5.41, 5.74) is 0. The number of hydrogen-bond acceptors (Lipinski definition) is 4. The Bertz CT molecular complexity index is 241. The average molecular weight is 263 g/mol. The van der Waals surface area contributed by atoms with Gasteiger partial charge >= 0.3 is 5.97 Å². The fourth-order valence-electron chi connectivity index (χ4n) is 2.42. The summed E-state index contributed by atoms with van der Waals surface area (Å²) in [7, 11) is 1.47. The summed E-state index contributed by atoms with van der Waals surface area (Å²) >= 11 is 0. The zero-order valence-electron chi connectivity index (χ0n) is 10.5. The Hall–Kier alpha value is -0.320. The number of esters is 1. The highest BCUT2D eigenvalue weighted by Gasteiger charge is 2.32. The van der Waals surface area contributed by atoms with Crippen molar-refractivity contribution in [2.45, 2.75) is 31.7 Å². The predicted molar refractivity (Wildman–Crippen MR) is 69.5 cm³/mol. The lowest BCUT2D eigenvalue weighted by Gasteiger charge is -2.29. The van der Waals surface area contributed by atoms with Crippen LogP contribution in [-0.4, -0.2) is 50.2 Å². The molecule has 1 heterocycles.